The molecule has 0 spiro atoms. The maximum absolute atomic E-state index is 13.5. The second-order valence-electron chi connectivity index (χ2n) is 8.40. The molecule has 5 rings (SSSR count). The highest BCUT2D eigenvalue weighted by atomic mass is 35.5. The SMILES string of the molecule is CCCCc1cn(-c2c(Cl)cccc2Cl)c(=O)n1Cc1ccc(-c2ccncc2-c2nnn[nH]2)cc1. The van der Waals surface area contributed by atoms with Gasteiger partial charge in [-0.15, -0.1) is 5.10 Å². The number of unbranched alkanes of at least 4 members (excludes halogenated alkanes) is 1. The van der Waals surface area contributed by atoms with E-state index >= 15 is 0 Å². The summed E-state index contributed by atoms with van der Waals surface area (Å²) in [4.78, 5) is 17.7. The minimum Gasteiger partial charge on any atom is -0.292 e. The molecule has 10 heteroatoms. The third-order valence-electron chi connectivity index (χ3n) is 6.05. The summed E-state index contributed by atoms with van der Waals surface area (Å²) in [5.41, 5.74) is 5.03. The second-order valence-corrected chi connectivity index (χ2v) is 9.22. The van der Waals surface area contributed by atoms with Gasteiger partial charge in [-0.3, -0.25) is 14.1 Å². The van der Waals surface area contributed by atoms with Crippen molar-refractivity contribution in [2.75, 3.05) is 0 Å². The fourth-order valence-electron chi connectivity index (χ4n) is 4.21. The Bertz CT molecular complexity index is 1520. The Labute approximate surface area is 217 Å². The van der Waals surface area contributed by atoms with Gasteiger partial charge in [0.25, 0.3) is 0 Å². The first-order chi connectivity index (χ1) is 17.6. The third-order valence-corrected chi connectivity index (χ3v) is 6.66. The Morgan fingerprint density at radius 3 is 2.47 bits per heavy atom. The lowest BCUT2D eigenvalue weighted by molar-refractivity contribution is 0.674. The number of aryl methyl sites for hydroxylation is 1. The van der Waals surface area contributed by atoms with E-state index in [4.69, 9.17) is 23.2 Å². The van der Waals surface area contributed by atoms with E-state index in [2.05, 4.69) is 32.5 Å². The predicted molar refractivity (Wildman–Crippen MR) is 141 cm³/mol. The standard InChI is InChI=1S/C26H23Cl2N7O/c1-2-3-5-19-16-35(24-22(27)6-4-7-23(24)28)26(36)34(19)15-17-8-10-18(11-9-17)20-12-13-29-14-21(20)25-30-32-33-31-25/h4,6-14,16H,2-3,5,15H2,1H3,(H,30,31,32,33). The molecule has 0 atom stereocenters. The number of aromatic nitrogens is 7. The molecule has 0 unspecified atom stereocenters. The van der Waals surface area contributed by atoms with Crippen molar-refractivity contribution in [1.29, 1.82) is 0 Å². The first-order valence-electron chi connectivity index (χ1n) is 11.6. The average Bonchev–Trinajstić information content (AvgIpc) is 3.53. The lowest BCUT2D eigenvalue weighted by Gasteiger charge is -2.10. The zero-order chi connectivity index (χ0) is 25.1. The molecule has 0 saturated carbocycles. The first-order valence-corrected chi connectivity index (χ1v) is 12.3. The zero-order valence-corrected chi connectivity index (χ0v) is 21.0. The van der Waals surface area contributed by atoms with Gasteiger partial charge in [-0.2, -0.15) is 0 Å². The highest BCUT2D eigenvalue weighted by Gasteiger charge is 2.17. The molecule has 0 aliphatic heterocycles. The molecule has 0 fully saturated rings. The summed E-state index contributed by atoms with van der Waals surface area (Å²) >= 11 is 12.8. The molecule has 182 valence electrons. The van der Waals surface area contributed by atoms with Gasteiger partial charge in [0.05, 0.1) is 22.3 Å². The summed E-state index contributed by atoms with van der Waals surface area (Å²) in [5, 5.41) is 15.0. The van der Waals surface area contributed by atoms with Crippen molar-refractivity contribution in [2.45, 2.75) is 32.7 Å². The van der Waals surface area contributed by atoms with E-state index in [1.165, 1.54) is 0 Å². The van der Waals surface area contributed by atoms with Gasteiger partial charge in [0, 0.05) is 29.8 Å². The Morgan fingerprint density at radius 2 is 1.78 bits per heavy atom. The number of imidazole rings is 1. The van der Waals surface area contributed by atoms with Crippen LogP contribution in [0.3, 0.4) is 0 Å². The van der Waals surface area contributed by atoms with Crippen LogP contribution in [0, 0.1) is 0 Å². The molecular formula is C26H23Cl2N7O. The summed E-state index contributed by atoms with van der Waals surface area (Å²) < 4.78 is 3.35. The van der Waals surface area contributed by atoms with Gasteiger partial charge in [0.15, 0.2) is 5.82 Å². The molecule has 0 saturated heterocycles. The van der Waals surface area contributed by atoms with Gasteiger partial charge >= 0.3 is 5.69 Å². The molecule has 2 aromatic carbocycles. The van der Waals surface area contributed by atoms with Crippen LogP contribution in [-0.4, -0.2) is 34.7 Å². The molecule has 36 heavy (non-hydrogen) atoms. The Balaban J connectivity index is 1.49. The van der Waals surface area contributed by atoms with Crippen molar-refractivity contribution < 1.29 is 0 Å². The number of hydrogen-bond acceptors (Lipinski definition) is 5. The number of para-hydroxylation sites is 1. The minimum absolute atomic E-state index is 0.172. The van der Waals surface area contributed by atoms with Crippen LogP contribution in [0.5, 0.6) is 0 Å². The Kier molecular flexibility index (Phi) is 6.97. The van der Waals surface area contributed by atoms with E-state index in [0.29, 0.717) is 28.1 Å². The van der Waals surface area contributed by atoms with Crippen LogP contribution >= 0.6 is 23.2 Å². The number of halogens is 2. The molecule has 3 aromatic heterocycles. The molecule has 1 N–H and O–H groups in total. The predicted octanol–water partition coefficient (Wildman–Crippen LogP) is 5.58. The summed E-state index contributed by atoms with van der Waals surface area (Å²) in [6.07, 6.45) is 8.10. The van der Waals surface area contributed by atoms with Crippen LogP contribution in [0.25, 0.3) is 28.2 Å². The largest absolute Gasteiger partial charge is 0.333 e. The van der Waals surface area contributed by atoms with Gasteiger partial charge < -0.3 is 0 Å². The first kappa shape index (κ1) is 24.0. The number of nitrogens with one attached hydrogen (secondary N) is 1. The molecule has 8 nitrogen and oxygen atoms in total. The molecule has 0 aliphatic carbocycles. The van der Waals surface area contributed by atoms with E-state index in [0.717, 1.165) is 47.2 Å². The molecule has 3 heterocycles. The number of pyridine rings is 1. The van der Waals surface area contributed by atoms with Crippen molar-refractivity contribution in [1.82, 2.24) is 34.7 Å². The summed E-state index contributed by atoms with van der Waals surface area (Å²) in [7, 11) is 0. The quantitative estimate of drug-likeness (QED) is 0.288. The van der Waals surface area contributed by atoms with Crippen molar-refractivity contribution in [3.8, 4) is 28.2 Å². The molecular weight excluding hydrogens is 497 g/mol. The summed E-state index contributed by atoms with van der Waals surface area (Å²) in [5.74, 6) is 0.550. The fraction of sp³-hybridized carbons (Fsp3) is 0.192. The topological polar surface area (TPSA) is 94.3 Å². The Hall–Kier alpha value is -3.75. The number of nitrogens with zero attached hydrogens (tertiary/aromatic N) is 6. The normalized spacial score (nSPS) is 11.2. The number of benzene rings is 2. The fourth-order valence-corrected chi connectivity index (χ4v) is 4.79. The van der Waals surface area contributed by atoms with Crippen LogP contribution in [0.2, 0.25) is 10.0 Å². The van der Waals surface area contributed by atoms with E-state index < -0.39 is 0 Å². The van der Waals surface area contributed by atoms with E-state index in [-0.39, 0.29) is 5.69 Å². The lowest BCUT2D eigenvalue weighted by atomic mass is 10.00. The maximum Gasteiger partial charge on any atom is 0.333 e. The molecule has 0 amide bonds. The van der Waals surface area contributed by atoms with E-state index in [9.17, 15) is 4.79 Å². The number of H-pyrrole nitrogens is 1. The molecule has 5 aromatic rings. The van der Waals surface area contributed by atoms with Crippen LogP contribution in [0.4, 0.5) is 0 Å². The second kappa shape index (κ2) is 10.5. The van der Waals surface area contributed by atoms with E-state index in [1.807, 2.05) is 36.5 Å². The van der Waals surface area contributed by atoms with Crippen molar-refractivity contribution in [3.05, 3.63) is 98.9 Å². The summed E-state index contributed by atoms with van der Waals surface area (Å²) in [6, 6.07) is 15.3. The smallest absolute Gasteiger partial charge is 0.292 e. The maximum atomic E-state index is 13.5. The van der Waals surface area contributed by atoms with Crippen LogP contribution in [-0.2, 0) is 13.0 Å². The van der Waals surface area contributed by atoms with Crippen LogP contribution in [0.15, 0.2) is 71.9 Å². The molecule has 0 aliphatic rings. The van der Waals surface area contributed by atoms with Gasteiger partial charge in [0.1, 0.15) is 0 Å². The molecule has 0 radical (unpaired) electrons. The van der Waals surface area contributed by atoms with Crippen molar-refractivity contribution in [2.24, 2.45) is 0 Å². The van der Waals surface area contributed by atoms with Gasteiger partial charge in [-0.25, -0.2) is 9.89 Å². The third kappa shape index (κ3) is 4.69. The number of aromatic amines is 1. The van der Waals surface area contributed by atoms with Crippen LogP contribution < -0.4 is 5.69 Å². The Morgan fingerprint density at radius 1 is 1.00 bits per heavy atom. The highest BCUT2D eigenvalue weighted by Crippen LogP contribution is 2.30. The number of rotatable bonds is 8. The lowest BCUT2D eigenvalue weighted by Crippen LogP contribution is -2.25. The zero-order valence-electron chi connectivity index (χ0n) is 19.5. The monoisotopic (exact) mass is 519 g/mol. The number of tetrazole rings is 1. The highest BCUT2D eigenvalue weighted by molar-refractivity contribution is 6.37. The number of hydrogen-bond donors (Lipinski definition) is 1. The van der Waals surface area contributed by atoms with Gasteiger partial charge in [0.2, 0.25) is 0 Å². The average molecular weight is 520 g/mol. The van der Waals surface area contributed by atoms with Gasteiger partial charge in [-0.05, 0) is 58.2 Å². The van der Waals surface area contributed by atoms with Crippen LogP contribution in [0.1, 0.15) is 31.0 Å². The van der Waals surface area contributed by atoms with Gasteiger partial charge in [-0.1, -0.05) is 66.9 Å². The summed E-state index contributed by atoms with van der Waals surface area (Å²) in [6.45, 7) is 2.56. The van der Waals surface area contributed by atoms with Crippen molar-refractivity contribution in [3.63, 3.8) is 0 Å². The minimum atomic E-state index is -0.172. The van der Waals surface area contributed by atoms with Crippen molar-refractivity contribution >= 4 is 23.2 Å². The molecule has 0 bridgehead atoms. The van der Waals surface area contributed by atoms with E-state index in [1.54, 1.807) is 39.7 Å².